The van der Waals surface area contributed by atoms with Gasteiger partial charge in [0.05, 0.1) is 21.3 Å². The number of hydrogen-bond acceptors (Lipinski definition) is 3. The molecule has 0 aromatic carbocycles. The zero-order chi connectivity index (χ0) is 12.7. The molecule has 5 heteroatoms. The van der Waals surface area contributed by atoms with Crippen molar-refractivity contribution < 1.29 is 9.90 Å². The summed E-state index contributed by atoms with van der Waals surface area (Å²) >= 11 is 7.35. The molecular weight excluding hydrogens is 270 g/mol. The number of hydrogen-bond donors (Lipinski definition) is 1. The number of aromatic nitrogens is 1. The summed E-state index contributed by atoms with van der Waals surface area (Å²) in [7, 11) is 0. The number of pyridine rings is 1. The van der Waals surface area contributed by atoms with Gasteiger partial charge in [-0.15, -0.1) is 11.3 Å². The number of nitrogens with zero attached hydrogens (tertiary/aromatic N) is 1. The standard InChI is InChI=1S/C13H10ClNO2S/c14-11-5-8(6-18-11)10-4-3-9(13(16)17)12(15-10)7-1-2-7/h3-7H,1-2H2,(H,16,17). The van der Waals surface area contributed by atoms with Gasteiger partial charge in [0.15, 0.2) is 0 Å². The number of halogens is 1. The van der Waals surface area contributed by atoms with Crippen LogP contribution in [0.5, 0.6) is 0 Å². The average molecular weight is 280 g/mol. The third-order valence-corrected chi connectivity index (χ3v) is 4.07. The summed E-state index contributed by atoms with van der Waals surface area (Å²) in [6.45, 7) is 0. The molecule has 18 heavy (non-hydrogen) atoms. The van der Waals surface area contributed by atoms with Crippen LogP contribution in [0.25, 0.3) is 11.3 Å². The van der Waals surface area contributed by atoms with Gasteiger partial charge in [-0.25, -0.2) is 4.79 Å². The van der Waals surface area contributed by atoms with Crippen molar-refractivity contribution >= 4 is 28.9 Å². The fraction of sp³-hybridized carbons (Fsp3) is 0.231. The first-order valence-corrected chi connectivity index (χ1v) is 6.89. The van der Waals surface area contributed by atoms with Crippen LogP contribution in [0.3, 0.4) is 0 Å². The number of carboxylic acid groups (broad SMARTS) is 1. The monoisotopic (exact) mass is 279 g/mol. The highest BCUT2D eigenvalue weighted by molar-refractivity contribution is 7.14. The van der Waals surface area contributed by atoms with Gasteiger partial charge in [-0.2, -0.15) is 0 Å². The van der Waals surface area contributed by atoms with Gasteiger partial charge in [-0.1, -0.05) is 11.6 Å². The van der Waals surface area contributed by atoms with Crippen LogP contribution >= 0.6 is 22.9 Å². The summed E-state index contributed by atoms with van der Waals surface area (Å²) in [5.74, 6) is -0.593. The van der Waals surface area contributed by atoms with Crippen LogP contribution in [-0.2, 0) is 0 Å². The van der Waals surface area contributed by atoms with Gasteiger partial charge in [-0.05, 0) is 31.0 Å². The maximum atomic E-state index is 11.1. The van der Waals surface area contributed by atoms with Gasteiger partial charge < -0.3 is 5.11 Å². The van der Waals surface area contributed by atoms with E-state index in [1.54, 1.807) is 12.1 Å². The summed E-state index contributed by atoms with van der Waals surface area (Å²) in [5.41, 5.74) is 2.78. The second-order valence-corrected chi connectivity index (χ2v) is 5.89. The first kappa shape index (κ1) is 11.7. The molecule has 1 aliphatic rings. The van der Waals surface area contributed by atoms with E-state index in [1.807, 2.05) is 11.4 Å². The quantitative estimate of drug-likeness (QED) is 0.922. The van der Waals surface area contributed by atoms with E-state index in [1.165, 1.54) is 11.3 Å². The highest BCUT2D eigenvalue weighted by atomic mass is 35.5. The largest absolute Gasteiger partial charge is 0.478 e. The molecular formula is C13H10ClNO2S. The summed E-state index contributed by atoms with van der Waals surface area (Å²) in [6, 6.07) is 5.24. The van der Waals surface area contributed by atoms with Crippen LogP contribution in [0.1, 0.15) is 34.8 Å². The zero-order valence-electron chi connectivity index (χ0n) is 9.39. The van der Waals surface area contributed by atoms with Crippen LogP contribution < -0.4 is 0 Å². The molecule has 1 aliphatic carbocycles. The van der Waals surface area contributed by atoms with Crippen molar-refractivity contribution in [1.82, 2.24) is 4.98 Å². The van der Waals surface area contributed by atoms with E-state index >= 15 is 0 Å². The van der Waals surface area contributed by atoms with Crippen molar-refractivity contribution in [3.8, 4) is 11.3 Å². The van der Waals surface area contributed by atoms with Crippen molar-refractivity contribution in [2.75, 3.05) is 0 Å². The first-order valence-electron chi connectivity index (χ1n) is 5.64. The molecule has 2 aromatic heterocycles. The van der Waals surface area contributed by atoms with E-state index in [0.29, 0.717) is 21.5 Å². The van der Waals surface area contributed by atoms with E-state index in [4.69, 9.17) is 16.7 Å². The minimum absolute atomic E-state index is 0.310. The lowest BCUT2D eigenvalue weighted by molar-refractivity contribution is 0.0695. The van der Waals surface area contributed by atoms with E-state index < -0.39 is 5.97 Å². The molecule has 1 saturated carbocycles. The van der Waals surface area contributed by atoms with Gasteiger partial charge >= 0.3 is 5.97 Å². The van der Waals surface area contributed by atoms with Gasteiger partial charge in [0, 0.05) is 16.9 Å². The highest BCUT2D eigenvalue weighted by Crippen LogP contribution is 2.41. The molecule has 0 radical (unpaired) electrons. The highest BCUT2D eigenvalue weighted by Gasteiger charge is 2.30. The number of aromatic carboxylic acids is 1. The van der Waals surface area contributed by atoms with E-state index in [2.05, 4.69) is 4.98 Å². The Hall–Kier alpha value is -1.39. The Morgan fingerprint density at radius 3 is 2.78 bits per heavy atom. The van der Waals surface area contributed by atoms with Crippen molar-refractivity contribution in [2.24, 2.45) is 0 Å². The lowest BCUT2D eigenvalue weighted by atomic mass is 10.1. The van der Waals surface area contributed by atoms with Gasteiger partial charge in [0.1, 0.15) is 0 Å². The van der Waals surface area contributed by atoms with Crippen molar-refractivity contribution in [3.63, 3.8) is 0 Å². The molecule has 3 rings (SSSR count). The van der Waals surface area contributed by atoms with E-state index in [0.717, 1.165) is 24.1 Å². The molecule has 1 fully saturated rings. The number of rotatable bonds is 3. The Labute approximate surface area is 113 Å². The molecule has 2 aromatic rings. The number of carboxylic acids is 1. The van der Waals surface area contributed by atoms with Gasteiger partial charge in [-0.3, -0.25) is 4.98 Å². The first-order chi connectivity index (χ1) is 8.65. The predicted octanol–water partition coefficient (Wildman–Crippen LogP) is 4.04. The molecule has 0 unspecified atom stereocenters. The Bertz CT molecular complexity index is 619. The van der Waals surface area contributed by atoms with Crippen molar-refractivity contribution in [3.05, 3.63) is 39.2 Å². The molecule has 0 saturated heterocycles. The van der Waals surface area contributed by atoms with Crippen LogP contribution in [0, 0.1) is 0 Å². The van der Waals surface area contributed by atoms with Gasteiger partial charge in [0.2, 0.25) is 0 Å². The Morgan fingerprint density at radius 2 is 2.22 bits per heavy atom. The average Bonchev–Trinajstić information content (AvgIpc) is 3.11. The lowest BCUT2D eigenvalue weighted by Gasteiger charge is -2.06. The van der Waals surface area contributed by atoms with Crippen molar-refractivity contribution in [2.45, 2.75) is 18.8 Å². The molecule has 0 amide bonds. The lowest BCUT2D eigenvalue weighted by Crippen LogP contribution is -2.04. The molecule has 0 bridgehead atoms. The van der Waals surface area contributed by atoms with Crippen molar-refractivity contribution in [1.29, 1.82) is 0 Å². The minimum atomic E-state index is -0.903. The Balaban J connectivity index is 2.07. The zero-order valence-corrected chi connectivity index (χ0v) is 11.0. The maximum Gasteiger partial charge on any atom is 0.337 e. The predicted molar refractivity (Wildman–Crippen MR) is 71.5 cm³/mol. The number of thiophene rings is 1. The molecule has 0 atom stereocenters. The molecule has 3 nitrogen and oxygen atoms in total. The smallest absolute Gasteiger partial charge is 0.337 e. The number of carbonyl (C=O) groups is 1. The SMILES string of the molecule is O=C(O)c1ccc(-c2csc(Cl)c2)nc1C1CC1. The molecule has 92 valence electrons. The normalized spacial score (nSPS) is 14.7. The Kier molecular flexibility index (Phi) is 2.84. The summed E-state index contributed by atoms with van der Waals surface area (Å²) in [4.78, 5) is 15.7. The topological polar surface area (TPSA) is 50.2 Å². The second-order valence-electron chi connectivity index (χ2n) is 4.35. The van der Waals surface area contributed by atoms with E-state index in [9.17, 15) is 4.79 Å². The summed E-state index contributed by atoms with van der Waals surface area (Å²) in [5, 5.41) is 11.1. The molecule has 1 N–H and O–H groups in total. The minimum Gasteiger partial charge on any atom is -0.478 e. The van der Waals surface area contributed by atoms with Crippen LogP contribution in [0.15, 0.2) is 23.6 Å². The molecule has 2 heterocycles. The van der Waals surface area contributed by atoms with Crippen LogP contribution in [0.4, 0.5) is 0 Å². The van der Waals surface area contributed by atoms with Gasteiger partial charge in [0.25, 0.3) is 0 Å². The fourth-order valence-electron chi connectivity index (χ4n) is 1.93. The second kappa shape index (κ2) is 4.37. The third-order valence-electron chi connectivity index (χ3n) is 2.98. The molecule has 0 spiro atoms. The Morgan fingerprint density at radius 1 is 1.44 bits per heavy atom. The maximum absolute atomic E-state index is 11.1. The van der Waals surface area contributed by atoms with E-state index in [-0.39, 0.29) is 0 Å². The third kappa shape index (κ3) is 2.13. The fourth-order valence-corrected chi connectivity index (χ4v) is 2.80. The molecule has 0 aliphatic heterocycles. The summed E-state index contributed by atoms with van der Waals surface area (Å²) < 4.78 is 0.710. The van der Waals surface area contributed by atoms with Crippen LogP contribution in [-0.4, -0.2) is 16.1 Å². The summed E-state index contributed by atoms with van der Waals surface area (Å²) in [6.07, 6.45) is 2.06. The van der Waals surface area contributed by atoms with Crippen LogP contribution in [0.2, 0.25) is 4.34 Å².